The molecule has 6 heteroatoms. The molecule has 0 amide bonds. The van der Waals surface area contributed by atoms with Gasteiger partial charge in [0.25, 0.3) is 0 Å². The molecule has 0 saturated carbocycles. The van der Waals surface area contributed by atoms with E-state index in [1.165, 1.54) is 51.8 Å². The number of fused-ring (bicyclic) bond motifs is 2. The Hall–Kier alpha value is -0.181. The quantitative estimate of drug-likeness (QED) is 0.319. The van der Waals surface area contributed by atoms with Gasteiger partial charge in [-0.2, -0.15) is 0 Å². The summed E-state index contributed by atoms with van der Waals surface area (Å²) in [6.07, 6.45) is 5.06. The van der Waals surface area contributed by atoms with Gasteiger partial charge in [-0.15, -0.1) is 0 Å². The van der Waals surface area contributed by atoms with Gasteiger partial charge in [-0.3, -0.25) is 0 Å². The van der Waals surface area contributed by atoms with Gasteiger partial charge in [-0.25, -0.2) is 0 Å². The van der Waals surface area contributed by atoms with Crippen LogP contribution in [0.25, 0.3) is 0 Å². The summed E-state index contributed by atoms with van der Waals surface area (Å²) in [5.74, 6) is 0. The average Bonchev–Trinajstić information content (AvgIpc) is 3.25. The van der Waals surface area contributed by atoms with Crippen molar-refractivity contribution in [3.8, 4) is 0 Å². The van der Waals surface area contributed by atoms with Gasteiger partial charge in [0, 0.05) is 0 Å². The normalized spacial score (nSPS) is 28.2. The summed E-state index contributed by atoms with van der Waals surface area (Å²) in [7, 11) is 0. The average molecular weight is 541 g/mol. The predicted octanol–water partition coefficient (Wildman–Crippen LogP) is 5.42. The molecule has 0 aliphatic carbocycles. The van der Waals surface area contributed by atoms with Crippen LogP contribution in [-0.2, 0) is 23.9 Å². The number of rotatable bonds is 14. The van der Waals surface area contributed by atoms with Gasteiger partial charge >= 0.3 is 194 Å². The molecule has 2 aliphatic heterocycles. The first kappa shape index (κ1) is 25.4. The second-order valence-electron chi connectivity index (χ2n) is 9.20. The number of aliphatic hydroxyl groups excluding tert-OH is 1. The molecular formula is C25H42O5Sn. The van der Waals surface area contributed by atoms with E-state index in [1.54, 1.807) is 0 Å². The molecule has 2 saturated heterocycles. The van der Waals surface area contributed by atoms with Gasteiger partial charge in [-0.05, 0) is 0 Å². The van der Waals surface area contributed by atoms with E-state index in [2.05, 4.69) is 32.9 Å². The molecule has 2 fully saturated rings. The van der Waals surface area contributed by atoms with Crippen LogP contribution in [0.2, 0.25) is 13.3 Å². The Bertz CT molecular complexity index is 606. The number of hydrogen-bond donors (Lipinski definition) is 1. The van der Waals surface area contributed by atoms with E-state index in [-0.39, 0.29) is 18.3 Å². The summed E-state index contributed by atoms with van der Waals surface area (Å²) < 4.78 is 28.9. The molecular weight excluding hydrogens is 499 g/mol. The molecule has 1 aromatic carbocycles. The maximum absolute atomic E-state index is 11.1. The van der Waals surface area contributed by atoms with Crippen LogP contribution in [0.15, 0.2) is 30.3 Å². The third-order valence-electron chi connectivity index (χ3n) is 6.67. The van der Waals surface area contributed by atoms with Crippen LogP contribution in [0.1, 0.15) is 64.9 Å². The van der Waals surface area contributed by atoms with Crippen molar-refractivity contribution >= 4 is 18.8 Å². The fourth-order valence-corrected chi connectivity index (χ4v) is 18.9. The zero-order valence-electron chi connectivity index (χ0n) is 19.6. The molecule has 0 radical (unpaired) electrons. The van der Waals surface area contributed by atoms with E-state index in [1.807, 2.05) is 18.2 Å². The zero-order chi connectivity index (χ0) is 22.1. The number of benzene rings is 1. The van der Waals surface area contributed by atoms with Crippen LogP contribution in [0.3, 0.4) is 0 Å². The molecule has 0 spiro atoms. The second kappa shape index (κ2) is 12.9. The van der Waals surface area contributed by atoms with Crippen LogP contribution in [0.5, 0.6) is 0 Å². The van der Waals surface area contributed by atoms with Gasteiger partial charge in [0.2, 0.25) is 0 Å². The first-order valence-corrected chi connectivity index (χ1v) is 19.6. The Balaban J connectivity index is 1.80. The molecule has 31 heavy (non-hydrogen) atoms. The summed E-state index contributed by atoms with van der Waals surface area (Å²) in [4.78, 5) is 0. The van der Waals surface area contributed by atoms with Crippen molar-refractivity contribution in [2.45, 2.75) is 110 Å². The number of unbranched alkanes of at least 4 members (excludes halogenated alkanes) is 3. The fourth-order valence-electron chi connectivity index (χ4n) is 4.80. The Labute approximate surface area is 193 Å². The van der Waals surface area contributed by atoms with Crippen LogP contribution in [-0.4, -0.2) is 61.2 Å². The van der Waals surface area contributed by atoms with Crippen LogP contribution in [0.4, 0.5) is 0 Å². The number of aliphatic hydroxyl groups is 1. The Morgan fingerprint density at radius 1 is 0.935 bits per heavy atom. The van der Waals surface area contributed by atoms with Crippen molar-refractivity contribution in [3.05, 3.63) is 35.9 Å². The van der Waals surface area contributed by atoms with Crippen molar-refractivity contribution in [1.82, 2.24) is 0 Å². The molecule has 2 bridgehead atoms. The minimum absolute atomic E-state index is 0.172. The van der Waals surface area contributed by atoms with Gasteiger partial charge < -0.3 is 0 Å². The first-order valence-electron chi connectivity index (χ1n) is 12.4. The Kier molecular flexibility index (Phi) is 10.6. The summed E-state index contributed by atoms with van der Waals surface area (Å²) >= 11 is -2.94. The molecule has 0 aromatic heterocycles. The topological polar surface area (TPSA) is 57.2 Å². The second-order valence-corrected chi connectivity index (χ2v) is 20.9. The molecule has 2 heterocycles. The molecule has 0 unspecified atom stereocenters. The predicted molar refractivity (Wildman–Crippen MR) is 125 cm³/mol. The van der Waals surface area contributed by atoms with E-state index in [0.717, 1.165) is 5.56 Å². The van der Waals surface area contributed by atoms with E-state index in [0.29, 0.717) is 13.2 Å². The summed E-state index contributed by atoms with van der Waals surface area (Å²) in [5, 5.41) is 11.1. The van der Waals surface area contributed by atoms with Gasteiger partial charge in [0.05, 0.1) is 0 Å². The summed E-state index contributed by atoms with van der Waals surface area (Å²) in [6, 6.07) is 10.2. The van der Waals surface area contributed by atoms with Crippen LogP contribution >= 0.6 is 0 Å². The van der Waals surface area contributed by atoms with Crippen molar-refractivity contribution < 1.29 is 22.4 Å². The first-order chi connectivity index (χ1) is 15.1. The van der Waals surface area contributed by atoms with Gasteiger partial charge in [0.1, 0.15) is 0 Å². The summed E-state index contributed by atoms with van der Waals surface area (Å²) in [5.41, 5.74) is 1.12. The van der Waals surface area contributed by atoms with Crippen molar-refractivity contribution in [1.29, 1.82) is 0 Å². The van der Waals surface area contributed by atoms with Gasteiger partial charge in [-0.1, -0.05) is 0 Å². The van der Waals surface area contributed by atoms with Crippen molar-refractivity contribution in [2.75, 3.05) is 6.61 Å². The Morgan fingerprint density at radius 3 is 2.13 bits per heavy atom. The molecule has 176 valence electrons. The maximum atomic E-state index is 11.1. The van der Waals surface area contributed by atoms with E-state index in [4.69, 9.17) is 17.3 Å². The molecule has 1 aromatic rings. The number of ether oxygens (including phenoxy) is 3. The zero-order valence-corrected chi connectivity index (χ0v) is 22.5. The molecule has 3 rings (SSSR count). The van der Waals surface area contributed by atoms with Crippen LogP contribution < -0.4 is 0 Å². The molecule has 2 aliphatic rings. The third kappa shape index (κ3) is 6.90. The van der Waals surface area contributed by atoms with Crippen LogP contribution in [0, 0.1) is 0 Å². The Morgan fingerprint density at radius 2 is 1.55 bits per heavy atom. The SMILES string of the molecule is CCC[CH2][Sn]([CH2]CCC)([CH2]CCC)[O][C@@H]1[C@@H](O)[C@@H]2OC[C@@H](O2)[C@@H]1OCc1ccccc1. The van der Waals surface area contributed by atoms with E-state index < -0.39 is 31.2 Å². The monoisotopic (exact) mass is 542 g/mol. The molecule has 5 nitrogen and oxygen atoms in total. The summed E-state index contributed by atoms with van der Waals surface area (Å²) in [6.45, 7) is 7.74. The standard InChI is InChI=1S/C13H15O5.3C4H9.Sn/c14-10-11(15)13-17-7-9(18-13)12(10)16-6-8-4-2-1-3-5-8;3*1-3-4-2;/h1-5,9-13,15H,6-7H2;3*1,3-4H2,2H3;/q-1;;;;+1/t9-,10-,11-,12+,13-;;;;/m1..../s1. The molecule has 1 N–H and O–H groups in total. The minimum atomic E-state index is -2.94. The van der Waals surface area contributed by atoms with E-state index >= 15 is 0 Å². The number of hydrogen-bond acceptors (Lipinski definition) is 5. The fraction of sp³-hybridized carbons (Fsp3) is 0.760. The van der Waals surface area contributed by atoms with E-state index in [9.17, 15) is 5.11 Å². The molecule has 5 atom stereocenters. The van der Waals surface area contributed by atoms with Crippen molar-refractivity contribution in [2.24, 2.45) is 0 Å². The third-order valence-corrected chi connectivity index (χ3v) is 19.7. The van der Waals surface area contributed by atoms with Crippen molar-refractivity contribution in [3.63, 3.8) is 0 Å². The van der Waals surface area contributed by atoms with Gasteiger partial charge in [0.15, 0.2) is 0 Å².